The second-order valence-corrected chi connectivity index (χ2v) is 5.86. The second-order valence-electron chi connectivity index (χ2n) is 4.03. The minimum atomic E-state index is -0.779. The first-order chi connectivity index (χ1) is 8.56. The van der Waals surface area contributed by atoms with Gasteiger partial charge in [-0.15, -0.1) is 0 Å². The van der Waals surface area contributed by atoms with Gasteiger partial charge >= 0.3 is 5.97 Å². The number of hydrogen-bond acceptors (Lipinski definition) is 4. The zero-order valence-corrected chi connectivity index (χ0v) is 11.4. The van der Waals surface area contributed by atoms with Crippen LogP contribution < -0.4 is 9.47 Å². The molecule has 98 valence electrons. The third kappa shape index (κ3) is 3.23. The smallest absolute Gasteiger partial charge is 0.304 e. The molecule has 0 aromatic heterocycles. The van der Waals surface area contributed by atoms with E-state index >= 15 is 0 Å². The molecule has 6 heteroatoms. The molecule has 1 unspecified atom stereocenters. The fourth-order valence-corrected chi connectivity index (χ4v) is 2.84. The Morgan fingerprint density at radius 1 is 1.56 bits per heavy atom. The predicted octanol–water partition coefficient (Wildman–Crippen LogP) is 3.17. The van der Waals surface area contributed by atoms with E-state index in [0.717, 1.165) is 5.56 Å². The fourth-order valence-electron chi connectivity index (χ4n) is 1.65. The Labute approximate surface area is 114 Å². The van der Waals surface area contributed by atoms with Gasteiger partial charge in [-0.1, -0.05) is 18.5 Å². The molecule has 0 saturated heterocycles. The highest BCUT2D eigenvalue weighted by Gasteiger charge is 2.18. The zero-order chi connectivity index (χ0) is 13.1. The number of thioether (sulfide) groups is 1. The number of hydrogen-bond donors (Lipinski definition) is 1. The van der Waals surface area contributed by atoms with Gasteiger partial charge in [-0.3, -0.25) is 4.79 Å². The molecule has 1 aromatic rings. The van der Waals surface area contributed by atoms with Crippen LogP contribution in [0.1, 0.15) is 18.9 Å². The van der Waals surface area contributed by atoms with Crippen molar-refractivity contribution < 1.29 is 19.4 Å². The third-order valence-corrected chi connectivity index (χ3v) is 4.00. The molecule has 4 nitrogen and oxygen atoms in total. The molecule has 1 aliphatic rings. The Balaban J connectivity index is 1.98. The molecule has 0 saturated carbocycles. The normalized spacial score (nSPS) is 14.6. The molecule has 1 aromatic carbocycles. The zero-order valence-electron chi connectivity index (χ0n) is 9.81. The largest absolute Gasteiger partial charge is 0.481 e. The summed E-state index contributed by atoms with van der Waals surface area (Å²) in [5.74, 6) is 1.16. The van der Waals surface area contributed by atoms with E-state index in [4.69, 9.17) is 26.2 Å². The van der Waals surface area contributed by atoms with Gasteiger partial charge in [-0.05, 0) is 17.7 Å². The summed E-state index contributed by atoms with van der Waals surface area (Å²) < 4.78 is 10.5. The van der Waals surface area contributed by atoms with Gasteiger partial charge in [0.15, 0.2) is 11.5 Å². The third-order valence-electron chi connectivity index (χ3n) is 2.48. The number of carbonyl (C=O) groups is 1. The van der Waals surface area contributed by atoms with Crippen LogP contribution in [0.4, 0.5) is 0 Å². The molecule has 2 rings (SSSR count). The van der Waals surface area contributed by atoms with Crippen LogP contribution in [0.5, 0.6) is 11.5 Å². The van der Waals surface area contributed by atoms with Gasteiger partial charge in [0.2, 0.25) is 6.79 Å². The highest BCUT2D eigenvalue weighted by atomic mass is 35.5. The lowest BCUT2D eigenvalue weighted by molar-refractivity contribution is -0.136. The molecule has 0 aliphatic carbocycles. The summed E-state index contributed by atoms with van der Waals surface area (Å²) in [6.07, 6.45) is 0.156. The Kier molecular flexibility index (Phi) is 4.24. The number of aliphatic carboxylic acids is 1. The van der Waals surface area contributed by atoms with Crippen LogP contribution in [0, 0.1) is 0 Å². The van der Waals surface area contributed by atoms with Crippen molar-refractivity contribution in [1.82, 2.24) is 0 Å². The van der Waals surface area contributed by atoms with Crippen LogP contribution in [0.2, 0.25) is 5.02 Å². The highest BCUT2D eigenvalue weighted by Crippen LogP contribution is 2.40. The van der Waals surface area contributed by atoms with Crippen molar-refractivity contribution in [2.24, 2.45) is 0 Å². The maximum Gasteiger partial charge on any atom is 0.304 e. The molecule has 1 N–H and O–H groups in total. The van der Waals surface area contributed by atoms with E-state index in [9.17, 15) is 4.79 Å². The van der Waals surface area contributed by atoms with Gasteiger partial charge < -0.3 is 14.6 Å². The van der Waals surface area contributed by atoms with Crippen molar-refractivity contribution in [1.29, 1.82) is 0 Å². The number of benzene rings is 1. The van der Waals surface area contributed by atoms with Crippen molar-refractivity contribution in [3.05, 3.63) is 22.7 Å². The maximum atomic E-state index is 10.6. The van der Waals surface area contributed by atoms with Crippen LogP contribution in [0.3, 0.4) is 0 Å². The fraction of sp³-hybridized carbons (Fsp3) is 0.417. The Morgan fingerprint density at radius 2 is 2.33 bits per heavy atom. The predicted molar refractivity (Wildman–Crippen MR) is 70.6 cm³/mol. The molecule has 0 radical (unpaired) electrons. The number of ether oxygens (including phenoxy) is 2. The molecule has 0 spiro atoms. The quantitative estimate of drug-likeness (QED) is 0.902. The van der Waals surface area contributed by atoms with E-state index in [-0.39, 0.29) is 18.5 Å². The summed E-state index contributed by atoms with van der Waals surface area (Å²) in [6.45, 7) is 2.09. The van der Waals surface area contributed by atoms with Gasteiger partial charge in [0.05, 0.1) is 11.4 Å². The summed E-state index contributed by atoms with van der Waals surface area (Å²) in [5.41, 5.74) is 1.01. The topological polar surface area (TPSA) is 55.8 Å². The van der Waals surface area contributed by atoms with Gasteiger partial charge in [0, 0.05) is 11.0 Å². The minimum Gasteiger partial charge on any atom is -0.481 e. The summed E-state index contributed by atoms with van der Waals surface area (Å²) >= 11 is 7.64. The Morgan fingerprint density at radius 3 is 3.06 bits per heavy atom. The molecule has 1 aliphatic heterocycles. The van der Waals surface area contributed by atoms with E-state index < -0.39 is 5.97 Å². The van der Waals surface area contributed by atoms with Crippen molar-refractivity contribution in [2.75, 3.05) is 6.79 Å². The van der Waals surface area contributed by atoms with Crippen LogP contribution in [0.25, 0.3) is 0 Å². The van der Waals surface area contributed by atoms with E-state index in [1.807, 2.05) is 19.1 Å². The Bertz CT molecular complexity index is 464. The molecule has 0 bridgehead atoms. The number of rotatable bonds is 5. The van der Waals surface area contributed by atoms with Crippen molar-refractivity contribution in [3.63, 3.8) is 0 Å². The number of carboxylic acid groups (broad SMARTS) is 1. The minimum absolute atomic E-state index is 0.0618. The van der Waals surface area contributed by atoms with Gasteiger partial charge in [0.1, 0.15) is 0 Å². The van der Waals surface area contributed by atoms with Crippen molar-refractivity contribution >= 4 is 29.3 Å². The monoisotopic (exact) mass is 288 g/mol. The van der Waals surface area contributed by atoms with Gasteiger partial charge in [-0.25, -0.2) is 0 Å². The van der Waals surface area contributed by atoms with E-state index in [2.05, 4.69) is 0 Å². The molecular formula is C12H13ClO4S. The molecule has 0 fully saturated rings. The van der Waals surface area contributed by atoms with Crippen LogP contribution in [-0.4, -0.2) is 23.1 Å². The molecule has 0 amide bonds. The lowest BCUT2D eigenvalue weighted by Gasteiger charge is -2.09. The lowest BCUT2D eigenvalue weighted by Crippen LogP contribution is -2.05. The summed E-state index contributed by atoms with van der Waals surface area (Å²) in [4.78, 5) is 10.6. The number of halogens is 1. The molecule has 1 heterocycles. The summed E-state index contributed by atoms with van der Waals surface area (Å²) in [5, 5.41) is 9.28. The average Bonchev–Trinajstić information content (AvgIpc) is 2.74. The first-order valence-corrected chi connectivity index (χ1v) is 6.90. The first-order valence-electron chi connectivity index (χ1n) is 5.47. The number of fused-ring (bicyclic) bond motifs is 1. The number of carboxylic acids is 1. The van der Waals surface area contributed by atoms with Crippen LogP contribution >= 0.6 is 23.4 Å². The van der Waals surface area contributed by atoms with Crippen molar-refractivity contribution in [3.8, 4) is 11.5 Å². The van der Waals surface area contributed by atoms with Crippen LogP contribution in [-0.2, 0) is 10.5 Å². The standard InChI is InChI=1S/C12H13ClO4S/c1-7(2-11(14)15)18-5-8-3-9(13)12-10(4-8)16-6-17-12/h3-4,7H,2,5-6H2,1H3,(H,14,15). The highest BCUT2D eigenvalue weighted by molar-refractivity contribution is 7.99. The average molecular weight is 289 g/mol. The molecule has 18 heavy (non-hydrogen) atoms. The molecular weight excluding hydrogens is 276 g/mol. The van der Waals surface area contributed by atoms with Crippen molar-refractivity contribution in [2.45, 2.75) is 24.3 Å². The SMILES string of the molecule is CC(CC(=O)O)SCc1cc(Cl)c2c(c1)OCO2. The first kappa shape index (κ1) is 13.4. The molecule has 1 atom stereocenters. The Hall–Kier alpha value is -1.07. The van der Waals surface area contributed by atoms with E-state index in [1.165, 1.54) is 0 Å². The summed E-state index contributed by atoms with van der Waals surface area (Å²) in [6, 6.07) is 3.71. The lowest BCUT2D eigenvalue weighted by atomic mass is 10.2. The second kappa shape index (κ2) is 5.71. The van der Waals surface area contributed by atoms with E-state index in [0.29, 0.717) is 22.3 Å². The van der Waals surface area contributed by atoms with Gasteiger partial charge in [0.25, 0.3) is 0 Å². The van der Waals surface area contributed by atoms with Crippen LogP contribution in [0.15, 0.2) is 12.1 Å². The summed E-state index contributed by atoms with van der Waals surface area (Å²) in [7, 11) is 0. The van der Waals surface area contributed by atoms with E-state index in [1.54, 1.807) is 11.8 Å². The maximum absolute atomic E-state index is 10.6. The van der Waals surface area contributed by atoms with Gasteiger partial charge in [-0.2, -0.15) is 11.8 Å².